The molecule has 0 nitrogen and oxygen atoms in total. The fraction of sp³-hybridized carbons (Fsp3) is 0.600. The first-order valence-electron chi connectivity index (χ1n) is 2.49. The van der Waals surface area contributed by atoms with Crippen LogP contribution in [0.1, 0.15) is 12.8 Å². The lowest BCUT2D eigenvalue weighted by Gasteiger charge is -1.80. The Morgan fingerprint density at radius 2 is 2.25 bits per heavy atom. The van der Waals surface area contributed by atoms with Crippen LogP contribution in [0, 0.1) is 9.97 Å². The van der Waals surface area contributed by atoms with E-state index in [1.165, 1.54) is 10.8 Å². The SMILES string of the molecule is ICCCC#[C][Mg][I]. The van der Waals surface area contributed by atoms with Gasteiger partial charge in [-0.3, -0.25) is 22.9 Å². The van der Waals surface area contributed by atoms with E-state index in [1.807, 2.05) is 0 Å². The minimum absolute atomic E-state index is 0.00754. The smallest absolute Gasteiger partial charge is 0.271 e. The van der Waals surface area contributed by atoms with Crippen LogP contribution >= 0.6 is 41.4 Å². The summed E-state index contributed by atoms with van der Waals surface area (Å²) in [5.74, 6) is 3.14. The Morgan fingerprint density at radius 3 is 2.75 bits per heavy atom. The number of hydrogen-bond donors (Lipinski definition) is 0. The molecule has 0 fully saturated rings. The largest absolute Gasteiger partial charge is 0.565 e. The van der Waals surface area contributed by atoms with Crippen LogP contribution in [-0.4, -0.2) is 20.9 Å². The van der Waals surface area contributed by atoms with Gasteiger partial charge in [0, 0.05) is 10.8 Å². The Labute approximate surface area is 83.8 Å². The number of hydrogen-bond acceptors (Lipinski definition) is 0. The van der Waals surface area contributed by atoms with E-state index in [9.17, 15) is 0 Å². The molecule has 0 atom stereocenters. The highest BCUT2D eigenvalue weighted by molar-refractivity contribution is 14.1. The van der Waals surface area contributed by atoms with Gasteiger partial charge in [-0.05, 0) is 6.42 Å². The molecular weight excluding hydrogens is 338 g/mol. The van der Waals surface area contributed by atoms with E-state index in [4.69, 9.17) is 0 Å². The van der Waals surface area contributed by atoms with Crippen molar-refractivity contribution in [3.63, 3.8) is 0 Å². The second-order valence-electron chi connectivity index (χ2n) is 1.28. The zero-order valence-electron chi connectivity index (χ0n) is 4.58. The number of alkyl halides is 1. The maximum atomic E-state index is 3.16. The number of unbranched alkanes of at least 4 members (excludes halogenated alkanes) is 1. The van der Waals surface area contributed by atoms with Crippen molar-refractivity contribution < 1.29 is 0 Å². The molecule has 0 N–H and O–H groups in total. The van der Waals surface area contributed by atoms with Gasteiger partial charge in [-0.15, -0.1) is 5.92 Å². The Bertz CT molecular complexity index is 92.3. The maximum absolute atomic E-state index is 3.16. The van der Waals surface area contributed by atoms with Crippen molar-refractivity contribution in [2.24, 2.45) is 0 Å². The van der Waals surface area contributed by atoms with Gasteiger partial charge in [0.15, 0.2) is 0 Å². The van der Waals surface area contributed by atoms with Crippen LogP contribution in [0.15, 0.2) is 0 Å². The summed E-state index contributed by atoms with van der Waals surface area (Å²) in [6.07, 6.45) is 2.37. The minimum Gasteiger partial charge on any atom is -0.271 e. The second kappa shape index (κ2) is 8.79. The van der Waals surface area contributed by atoms with Gasteiger partial charge >= 0.3 is 16.5 Å². The van der Waals surface area contributed by atoms with Gasteiger partial charge in [0.25, 0.3) is 0 Å². The van der Waals surface area contributed by atoms with Crippen molar-refractivity contribution in [1.82, 2.24) is 0 Å². The van der Waals surface area contributed by atoms with E-state index in [0.29, 0.717) is 0 Å². The van der Waals surface area contributed by atoms with Gasteiger partial charge in [0.2, 0.25) is 0 Å². The van der Waals surface area contributed by atoms with Crippen molar-refractivity contribution in [3.05, 3.63) is 0 Å². The summed E-state index contributed by atoms with van der Waals surface area (Å²) in [6.45, 7) is 0. The van der Waals surface area contributed by atoms with Gasteiger partial charge in [-0.25, -0.2) is 0 Å². The lowest BCUT2D eigenvalue weighted by Crippen LogP contribution is -1.71. The average Bonchev–Trinajstić information content (AvgIpc) is 1.81. The van der Waals surface area contributed by atoms with Gasteiger partial charge in [0.05, 0.1) is 0 Å². The van der Waals surface area contributed by atoms with E-state index in [1.54, 1.807) is 0 Å². The quantitative estimate of drug-likeness (QED) is 0.237. The van der Waals surface area contributed by atoms with Crippen LogP contribution in [0.2, 0.25) is 0 Å². The lowest BCUT2D eigenvalue weighted by molar-refractivity contribution is 1.01. The molecule has 0 aliphatic heterocycles. The number of rotatable bonds is 2. The van der Waals surface area contributed by atoms with Crippen LogP contribution in [-0.2, 0) is 0 Å². The highest BCUT2D eigenvalue weighted by Crippen LogP contribution is 1.91. The zero-order chi connectivity index (χ0) is 6.24. The van der Waals surface area contributed by atoms with Crippen molar-refractivity contribution >= 4 is 57.9 Å². The molecule has 0 amide bonds. The van der Waals surface area contributed by atoms with Crippen LogP contribution in [0.3, 0.4) is 0 Å². The highest BCUT2D eigenvalue weighted by Gasteiger charge is 1.77. The molecule has 42 valence electrons. The predicted molar refractivity (Wildman–Crippen MR) is 55.7 cm³/mol. The first-order valence-corrected chi connectivity index (χ1v) is 9.84. The third kappa shape index (κ3) is 7.79. The van der Waals surface area contributed by atoms with Gasteiger partial charge < -0.3 is 0 Å². The van der Waals surface area contributed by atoms with Crippen LogP contribution in [0.25, 0.3) is 0 Å². The molecule has 0 aromatic carbocycles. The van der Waals surface area contributed by atoms with E-state index in [0.717, 1.165) is 6.42 Å². The Hall–Kier alpha value is 1.79. The molecule has 3 heteroatoms. The molecule has 0 bridgehead atoms. The predicted octanol–water partition coefficient (Wildman–Crippen LogP) is 2.22. The van der Waals surface area contributed by atoms with E-state index >= 15 is 0 Å². The molecule has 0 aromatic rings. The van der Waals surface area contributed by atoms with Crippen LogP contribution < -0.4 is 0 Å². The number of halogens is 2. The molecule has 0 aliphatic rings. The molecule has 0 heterocycles. The molecule has 0 spiro atoms. The normalized spacial score (nSPS) is 6.75. The van der Waals surface area contributed by atoms with Gasteiger partial charge in [-0.1, -0.05) is 22.6 Å². The summed E-state index contributed by atoms with van der Waals surface area (Å²) in [7, 11) is 0. The van der Waals surface area contributed by atoms with Gasteiger partial charge in [-0.2, -0.15) is 0 Å². The Kier molecular flexibility index (Phi) is 10.7. The fourth-order valence-electron chi connectivity index (χ4n) is 0.291. The molecule has 0 saturated heterocycles. The monoisotopic (exact) mass is 344 g/mol. The highest BCUT2D eigenvalue weighted by atomic mass is 127. The van der Waals surface area contributed by atoms with Crippen LogP contribution in [0.4, 0.5) is 0 Å². The van der Waals surface area contributed by atoms with Crippen LogP contribution in [0.5, 0.6) is 0 Å². The molecule has 0 aromatic heterocycles. The van der Waals surface area contributed by atoms with Crippen molar-refractivity contribution in [1.29, 1.82) is 0 Å². The summed E-state index contributed by atoms with van der Waals surface area (Å²) < 4.78 is 4.40. The summed E-state index contributed by atoms with van der Waals surface area (Å²) in [6, 6.07) is 0. The minimum atomic E-state index is -0.00754. The Balaban J connectivity index is 2.90. The Morgan fingerprint density at radius 1 is 1.50 bits per heavy atom. The molecule has 0 aliphatic carbocycles. The maximum Gasteiger partial charge on any atom is 0.565 e. The average molecular weight is 344 g/mol. The molecular formula is C5H6I2Mg. The zero-order valence-corrected chi connectivity index (χ0v) is 10.3. The fourth-order valence-corrected chi connectivity index (χ4v) is 1.75. The molecule has 0 unspecified atom stereocenters. The summed E-state index contributed by atoms with van der Waals surface area (Å²) in [5, 5.41) is 0. The summed E-state index contributed by atoms with van der Waals surface area (Å²) in [5.41, 5.74) is 0. The molecule has 0 rings (SSSR count). The van der Waals surface area contributed by atoms with E-state index in [-0.39, 0.29) is 16.5 Å². The summed E-state index contributed by atoms with van der Waals surface area (Å²) in [4.78, 5) is 0. The third-order valence-corrected chi connectivity index (χ3v) is 2.92. The molecule has 0 radical (unpaired) electrons. The van der Waals surface area contributed by atoms with E-state index in [2.05, 4.69) is 51.4 Å². The summed E-state index contributed by atoms with van der Waals surface area (Å²) >= 11 is 4.78. The van der Waals surface area contributed by atoms with Gasteiger partial charge in [0.1, 0.15) is 0 Å². The second-order valence-corrected chi connectivity index (χ2v) is 5.27. The van der Waals surface area contributed by atoms with Crippen molar-refractivity contribution in [2.75, 3.05) is 4.43 Å². The third-order valence-electron chi connectivity index (χ3n) is 0.627. The first-order chi connectivity index (χ1) is 3.91. The first kappa shape index (κ1) is 9.79. The lowest BCUT2D eigenvalue weighted by atomic mass is 10.4. The molecule has 8 heavy (non-hydrogen) atoms. The standard InChI is InChI=1S/C5H6I.HI.Mg/c1-2-3-4-5-6;;/h3-5H2;1H;/q;;+1/p-1. The van der Waals surface area contributed by atoms with E-state index < -0.39 is 0 Å². The molecule has 0 saturated carbocycles. The topological polar surface area (TPSA) is 0 Å². The van der Waals surface area contributed by atoms with Crippen molar-refractivity contribution in [3.8, 4) is 9.97 Å². The van der Waals surface area contributed by atoms with Crippen molar-refractivity contribution in [2.45, 2.75) is 12.8 Å².